The summed E-state index contributed by atoms with van der Waals surface area (Å²) in [5, 5.41) is 2.83. The summed E-state index contributed by atoms with van der Waals surface area (Å²) >= 11 is 5.62. The number of carbonyl (C=O) groups is 1. The summed E-state index contributed by atoms with van der Waals surface area (Å²) in [7, 11) is 0. The van der Waals surface area contributed by atoms with Crippen molar-refractivity contribution in [2.75, 3.05) is 18.5 Å². The fraction of sp³-hybridized carbons (Fsp3) is 0.500. The van der Waals surface area contributed by atoms with Gasteiger partial charge in [0.1, 0.15) is 5.15 Å². The van der Waals surface area contributed by atoms with Gasteiger partial charge < -0.3 is 10.1 Å². The Bertz CT molecular complexity index is 347. The van der Waals surface area contributed by atoms with E-state index in [4.69, 9.17) is 16.3 Å². The van der Waals surface area contributed by atoms with Gasteiger partial charge in [-0.05, 0) is 6.42 Å². The van der Waals surface area contributed by atoms with Crippen molar-refractivity contribution in [1.82, 2.24) is 9.97 Å². The molecule has 1 heterocycles. The number of nitrogens with zero attached hydrogens (tertiary/aromatic N) is 2. The predicted molar refractivity (Wildman–Crippen MR) is 61.4 cm³/mol. The van der Waals surface area contributed by atoms with Gasteiger partial charge in [-0.25, -0.2) is 4.98 Å². The minimum atomic E-state index is -0.160. The van der Waals surface area contributed by atoms with E-state index in [9.17, 15) is 4.79 Å². The average molecular weight is 244 g/mol. The van der Waals surface area contributed by atoms with Gasteiger partial charge in [-0.3, -0.25) is 9.78 Å². The summed E-state index contributed by atoms with van der Waals surface area (Å²) in [5.74, 6) is 0.195. The van der Waals surface area contributed by atoms with E-state index in [1.54, 1.807) is 0 Å². The van der Waals surface area contributed by atoms with E-state index in [0.717, 1.165) is 6.42 Å². The molecular weight excluding hydrogens is 230 g/mol. The lowest BCUT2D eigenvalue weighted by atomic mass is 10.4. The number of anilines is 1. The molecule has 0 radical (unpaired) electrons. The molecule has 0 atom stereocenters. The fourth-order valence-corrected chi connectivity index (χ4v) is 1.17. The maximum absolute atomic E-state index is 11.4. The highest BCUT2D eigenvalue weighted by atomic mass is 35.5. The van der Waals surface area contributed by atoms with Crippen molar-refractivity contribution in [2.24, 2.45) is 0 Å². The van der Waals surface area contributed by atoms with Crippen molar-refractivity contribution in [3.63, 3.8) is 0 Å². The zero-order valence-electron chi connectivity index (χ0n) is 9.07. The average Bonchev–Trinajstić information content (AvgIpc) is 2.24. The molecule has 16 heavy (non-hydrogen) atoms. The van der Waals surface area contributed by atoms with E-state index in [-0.39, 0.29) is 11.1 Å². The second-order valence-electron chi connectivity index (χ2n) is 3.14. The third-order valence-corrected chi connectivity index (χ3v) is 1.88. The number of aromatic nitrogens is 2. The number of halogens is 1. The standard InChI is InChI=1S/C10H14ClN3O2/c1-2-4-16-5-3-10(15)14-9-7-12-6-8(11)13-9/h6-7H,2-5H2,1H3,(H,13,14,15). The van der Waals surface area contributed by atoms with Crippen molar-refractivity contribution in [3.8, 4) is 0 Å². The van der Waals surface area contributed by atoms with E-state index in [2.05, 4.69) is 15.3 Å². The van der Waals surface area contributed by atoms with Crippen LogP contribution in [-0.2, 0) is 9.53 Å². The largest absolute Gasteiger partial charge is 0.381 e. The van der Waals surface area contributed by atoms with E-state index in [0.29, 0.717) is 25.5 Å². The minimum absolute atomic E-state index is 0.160. The predicted octanol–water partition coefficient (Wildman–Crippen LogP) is 1.89. The Morgan fingerprint density at radius 3 is 3.00 bits per heavy atom. The van der Waals surface area contributed by atoms with Crippen molar-refractivity contribution in [1.29, 1.82) is 0 Å². The Labute approximate surface area is 99.2 Å². The molecule has 0 aliphatic rings. The van der Waals surface area contributed by atoms with Crippen LogP contribution in [0.4, 0.5) is 5.82 Å². The topological polar surface area (TPSA) is 64.1 Å². The normalized spacial score (nSPS) is 10.1. The van der Waals surface area contributed by atoms with Crippen LogP contribution in [0.15, 0.2) is 12.4 Å². The highest BCUT2D eigenvalue weighted by Crippen LogP contribution is 2.06. The molecule has 6 heteroatoms. The van der Waals surface area contributed by atoms with Gasteiger partial charge in [-0.2, -0.15) is 0 Å². The van der Waals surface area contributed by atoms with Gasteiger partial charge in [0.2, 0.25) is 5.91 Å². The summed E-state index contributed by atoms with van der Waals surface area (Å²) in [4.78, 5) is 19.1. The molecule has 0 aromatic carbocycles. The maximum Gasteiger partial charge on any atom is 0.227 e. The highest BCUT2D eigenvalue weighted by molar-refractivity contribution is 6.29. The Morgan fingerprint density at radius 1 is 1.50 bits per heavy atom. The van der Waals surface area contributed by atoms with Crippen LogP contribution in [-0.4, -0.2) is 29.1 Å². The molecule has 1 aromatic heterocycles. The molecule has 0 saturated carbocycles. The first kappa shape index (κ1) is 12.9. The summed E-state index contributed by atoms with van der Waals surface area (Å²) in [5.41, 5.74) is 0. The molecule has 5 nitrogen and oxygen atoms in total. The van der Waals surface area contributed by atoms with Gasteiger partial charge in [-0.1, -0.05) is 18.5 Å². The first-order valence-corrected chi connectivity index (χ1v) is 5.45. The van der Waals surface area contributed by atoms with Gasteiger partial charge in [0.25, 0.3) is 0 Å². The Morgan fingerprint density at radius 2 is 2.31 bits per heavy atom. The van der Waals surface area contributed by atoms with Crippen LogP contribution in [0, 0.1) is 0 Å². The quantitative estimate of drug-likeness (QED) is 0.775. The lowest BCUT2D eigenvalue weighted by Crippen LogP contribution is -2.15. The van der Waals surface area contributed by atoms with Crippen LogP contribution < -0.4 is 5.32 Å². The minimum Gasteiger partial charge on any atom is -0.381 e. The van der Waals surface area contributed by atoms with E-state index >= 15 is 0 Å². The monoisotopic (exact) mass is 243 g/mol. The van der Waals surface area contributed by atoms with Crippen LogP contribution in [0.1, 0.15) is 19.8 Å². The molecule has 0 bridgehead atoms. The number of ether oxygens (including phenoxy) is 1. The van der Waals surface area contributed by atoms with E-state index in [1.165, 1.54) is 12.4 Å². The van der Waals surface area contributed by atoms with Gasteiger partial charge in [0.15, 0.2) is 5.82 Å². The molecule has 1 rings (SSSR count). The SMILES string of the molecule is CCCOCCC(=O)Nc1cncc(Cl)n1. The maximum atomic E-state index is 11.4. The van der Waals surface area contributed by atoms with Gasteiger partial charge in [0.05, 0.1) is 25.4 Å². The number of amides is 1. The zero-order chi connectivity index (χ0) is 11.8. The van der Waals surface area contributed by atoms with E-state index < -0.39 is 0 Å². The van der Waals surface area contributed by atoms with Crippen molar-refractivity contribution in [2.45, 2.75) is 19.8 Å². The Hall–Kier alpha value is -1.20. The number of hydrogen-bond acceptors (Lipinski definition) is 4. The van der Waals surface area contributed by atoms with Gasteiger partial charge in [-0.15, -0.1) is 0 Å². The molecule has 1 amide bonds. The smallest absolute Gasteiger partial charge is 0.227 e. The molecule has 0 spiro atoms. The second-order valence-corrected chi connectivity index (χ2v) is 3.52. The molecule has 1 aromatic rings. The third kappa shape index (κ3) is 5.04. The molecule has 0 aliphatic heterocycles. The number of carbonyl (C=O) groups excluding carboxylic acids is 1. The van der Waals surface area contributed by atoms with Crippen LogP contribution in [0.25, 0.3) is 0 Å². The first-order chi connectivity index (χ1) is 7.72. The molecule has 0 unspecified atom stereocenters. The van der Waals surface area contributed by atoms with Crippen molar-refractivity contribution in [3.05, 3.63) is 17.5 Å². The second kappa shape index (κ2) is 7.14. The Kier molecular flexibility index (Phi) is 5.74. The summed E-state index contributed by atoms with van der Waals surface area (Å²) in [6.07, 6.45) is 4.09. The van der Waals surface area contributed by atoms with Crippen LogP contribution >= 0.6 is 11.6 Å². The number of rotatable bonds is 6. The van der Waals surface area contributed by atoms with Crippen molar-refractivity contribution >= 4 is 23.3 Å². The Balaban J connectivity index is 2.29. The van der Waals surface area contributed by atoms with Gasteiger partial charge in [0, 0.05) is 6.61 Å². The van der Waals surface area contributed by atoms with Crippen LogP contribution in [0.2, 0.25) is 5.15 Å². The van der Waals surface area contributed by atoms with Crippen molar-refractivity contribution < 1.29 is 9.53 Å². The summed E-state index contributed by atoms with van der Waals surface area (Å²) in [6.45, 7) is 3.10. The summed E-state index contributed by atoms with van der Waals surface area (Å²) in [6, 6.07) is 0. The van der Waals surface area contributed by atoms with Crippen LogP contribution in [0.3, 0.4) is 0 Å². The number of hydrogen-bond donors (Lipinski definition) is 1. The fourth-order valence-electron chi connectivity index (χ4n) is 1.02. The molecular formula is C10H14ClN3O2. The molecule has 0 fully saturated rings. The van der Waals surface area contributed by atoms with Gasteiger partial charge >= 0.3 is 0 Å². The lowest BCUT2D eigenvalue weighted by molar-refractivity contribution is -0.117. The lowest BCUT2D eigenvalue weighted by Gasteiger charge is -2.04. The number of nitrogens with one attached hydrogen (secondary N) is 1. The van der Waals surface area contributed by atoms with Crippen LogP contribution in [0.5, 0.6) is 0 Å². The molecule has 0 aliphatic carbocycles. The summed E-state index contributed by atoms with van der Waals surface area (Å²) < 4.78 is 5.19. The first-order valence-electron chi connectivity index (χ1n) is 5.07. The molecule has 1 N–H and O–H groups in total. The molecule has 0 saturated heterocycles. The zero-order valence-corrected chi connectivity index (χ0v) is 9.83. The highest BCUT2D eigenvalue weighted by Gasteiger charge is 2.03. The third-order valence-electron chi connectivity index (χ3n) is 1.69. The van der Waals surface area contributed by atoms with E-state index in [1.807, 2.05) is 6.92 Å². The molecule has 88 valence electrons.